The van der Waals surface area contributed by atoms with Gasteiger partial charge in [-0.1, -0.05) is 11.6 Å². The van der Waals surface area contributed by atoms with Crippen LogP contribution in [0, 0.1) is 10.1 Å². The fraction of sp³-hybridized carbons (Fsp3) is 0.364. The number of halogens is 1. The third-order valence-electron chi connectivity index (χ3n) is 2.72. The summed E-state index contributed by atoms with van der Waals surface area (Å²) < 4.78 is 0. The summed E-state index contributed by atoms with van der Waals surface area (Å²) in [4.78, 5) is 37.8. The topological polar surface area (TPSA) is 137 Å². The Balaban J connectivity index is 3.62. The highest BCUT2D eigenvalue weighted by atomic mass is 35.5. The van der Waals surface area contributed by atoms with E-state index in [-0.39, 0.29) is 18.9 Å². The number of rotatable bonds is 5. The van der Waals surface area contributed by atoms with Crippen molar-refractivity contribution in [3.8, 4) is 0 Å². The molecule has 10 nitrogen and oxygen atoms in total. The molecule has 0 fully saturated rings. The Morgan fingerprint density at radius 2 is 1.77 bits per heavy atom. The van der Waals surface area contributed by atoms with Crippen LogP contribution in [0.1, 0.15) is 13.8 Å². The number of amides is 2. The van der Waals surface area contributed by atoms with E-state index in [4.69, 9.17) is 21.8 Å². The molecule has 1 aromatic heterocycles. The van der Waals surface area contributed by atoms with E-state index < -0.39 is 33.6 Å². The number of nitro groups is 1. The highest BCUT2D eigenvalue weighted by molar-refractivity contribution is 6.33. The second-order valence-electron chi connectivity index (χ2n) is 3.95. The van der Waals surface area contributed by atoms with Gasteiger partial charge in [0.25, 0.3) is 0 Å². The van der Waals surface area contributed by atoms with Crippen LogP contribution in [0.5, 0.6) is 0 Å². The molecule has 1 rings (SSSR count). The van der Waals surface area contributed by atoms with E-state index in [1.807, 2.05) is 0 Å². The minimum Gasteiger partial charge on any atom is -0.465 e. The Kier molecular flexibility index (Phi) is 5.46. The molecule has 0 saturated heterocycles. The van der Waals surface area contributed by atoms with E-state index >= 15 is 0 Å². The molecule has 0 aliphatic heterocycles. The molecular formula is C11H13ClN4O6. The van der Waals surface area contributed by atoms with Gasteiger partial charge in [0.05, 0.1) is 4.92 Å². The van der Waals surface area contributed by atoms with Gasteiger partial charge in [-0.25, -0.2) is 14.6 Å². The van der Waals surface area contributed by atoms with Crippen molar-refractivity contribution in [3.05, 3.63) is 21.2 Å². The fourth-order valence-corrected chi connectivity index (χ4v) is 2.00. The zero-order valence-corrected chi connectivity index (χ0v) is 12.4. The van der Waals surface area contributed by atoms with Crippen LogP contribution in [0.4, 0.5) is 26.9 Å². The number of nitrogens with zero attached hydrogens (tertiary/aromatic N) is 4. The van der Waals surface area contributed by atoms with Crippen LogP contribution in [0.15, 0.2) is 6.07 Å². The van der Waals surface area contributed by atoms with Crippen molar-refractivity contribution < 1.29 is 24.7 Å². The average molecular weight is 333 g/mol. The lowest BCUT2D eigenvalue weighted by atomic mass is 10.3. The maximum Gasteiger partial charge on any atom is 0.413 e. The van der Waals surface area contributed by atoms with Gasteiger partial charge in [0.15, 0.2) is 0 Å². The SMILES string of the molecule is CCN(C(=O)O)c1cc(Cl)c([N+](=O)[O-])c(N(CC)C(=O)O)n1. The Labute approximate surface area is 129 Å². The van der Waals surface area contributed by atoms with Crippen molar-refractivity contribution in [1.82, 2.24) is 4.98 Å². The van der Waals surface area contributed by atoms with Gasteiger partial charge in [-0.15, -0.1) is 0 Å². The van der Waals surface area contributed by atoms with Gasteiger partial charge >= 0.3 is 17.9 Å². The van der Waals surface area contributed by atoms with Gasteiger partial charge in [0, 0.05) is 19.2 Å². The van der Waals surface area contributed by atoms with E-state index in [1.165, 1.54) is 13.8 Å². The van der Waals surface area contributed by atoms with E-state index in [1.54, 1.807) is 0 Å². The molecule has 22 heavy (non-hydrogen) atoms. The van der Waals surface area contributed by atoms with Crippen molar-refractivity contribution in [2.24, 2.45) is 0 Å². The van der Waals surface area contributed by atoms with Crippen LogP contribution in [-0.2, 0) is 0 Å². The quantitative estimate of drug-likeness (QED) is 0.624. The van der Waals surface area contributed by atoms with Crippen molar-refractivity contribution in [1.29, 1.82) is 0 Å². The summed E-state index contributed by atoms with van der Waals surface area (Å²) in [5, 5.41) is 28.9. The summed E-state index contributed by atoms with van der Waals surface area (Å²) in [6, 6.07) is 1.01. The van der Waals surface area contributed by atoms with E-state index in [0.717, 1.165) is 11.0 Å². The van der Waals surface area contributed by atoms with Crippen LogP contribution in [0.2, 0.25) is 5.02 Å². The van der Waals surface area contributed by atoms with Gasteiger partial charge in [0.2, 0.25) is 5.82 Å². The number of carbonyl (C=O) groups is 2. The molecule has 0 aliphatic rings. The van der Waals surface area contributed by atoms with Crippen molar-refractivity contribution in [2.45, 2.75) is 13.8 Å². The Bertz CT molecular complexity index is 623. The third-order valence-corrected chi connectivity index (χ3v) is 3.01. The summed E-state index contributed by atoms with van der Waals surface area (Å²) in [7, 11) is 0. The highest BCUT2D eigenvalue weighted by Crippen LogP contribution is 2.36. The summed E-state index contributed by atoms with van der Waals surface area (Å²) in [5.41, 5.74) is -0.698. The van der Waals surface area contributed by atoms with Gasteiger partial charge < -0.3 is 10.2 Å². The van der Waals surface area contributed by atoms with E-state index in [9.17, 15) is 19.7 Å². The average Bonchev–Trinajstić information content (AvgIpc) is 2.38. The lowest BCUT2D eigenvalue weighted by Gasteiger charge is -2.20. The van der Waals surface area contributed by atoms with Crippen molar-refractivity contribution >= 4 is 41.1 Å². The van der Waals surface area contributed by atoms with Crippen LogP contribution >= 0.6 is 11.6 Å². The molecule has 2 N–H and O–H groups in total. The predicted octanol–water partition coefficient (Wildman–Crippen LogP) is 2.65. The van der Waals surface area contributed by atoms with E-state index in [2.05, 4.69) is 4.98 Å². The monoisotopic (exact) mass is 332 g/mol. The normalized spacial score (nSPS) is 10.1. The minimum absolute atomic E-state index is 0.00904. The molecule has 120 valence electrons. The zero-order chi connectivity index (χ0) is 17.0. The number of aromatic nitrogens is 1. The first-order valence-corrected chi connectivity index (χ1v) is 6.48. The van der Waals surface area contributed by atoms with Gasteiger partial charge in [-0.05, 0) is 13.8 Å². The molecule has 2 amide bonds. The molecule has 0 radical (unpaired) electrons. The molecule has 0 saturated carbocycles. The summed E-state index contributed by atoms with van der Waals surface area (Å²) >= 11 is 5.82. The van der Waals surface area contributed by atoms with Crippen molar-refractivity contribution in [3.63, 3.8) is 0 Å². The standard InChI is InChI=1S/C11H13ClN4O6/c1-3-14(10(17)18)7-5-6(12)8(16(21)22)9(13-7)15(4-2)11(19)20/h5H,3-4H2,1-2H3,(H,17,18)(H,19,20). The molecule has 0 aliphatic carbocycles. The molecule has 0 aromatic carbocycles. The summed E-state index contributed by atoms with van der Waals surface area (Å²) in [5.74, 6) is -0.720. The smallest absolute Gasteiger partial charge is 0.413 e. The molecule has 1 heterocycles. The van der Waals surface area contributed by atoms with Crippen LogP contribution in [0.25, 0.3) is 0 Å². The van der Waals surface area contributed by atoms with Gasteiger partial charge in [0.1, 0.15) is 10.8 Å². The van der Waals surface area contributed by atoms with Gasteiger partial charge in [-0.3, -0.25) is 19.9 Å². The largest absolute Gasteiger partial charge is 0.465 e. The highest BCUT2D eigenvalue weighted by Gasteiger charge is 2.30. The molecule has 1 aromatic rings. The second kappa shape index (κ2) is 6.89. The summed E-state index contributed by atoms with van der Waals surface area (Å²) in [6.07, 6.45) is -2.81. The minimum atomic E-state index is -1.47. The van der Waals surface area contributed by atoms with Crippen molar-refractivity contribution in [2.75, 3.05) is 22.9 Å². The lowest BCUT2D eigenvalue weighted by molar-refractivity contribution is -0.384. The maximum atomic E-state index is 11.2. The van der Waals surface area contributed by atoms with Gasteiger partial charge in [-0.2, -0.15) is 0 Å². The molecule has 0 bridgehead atoms. The first kappa shape index (κ1) is 17.4. The lowest BCUT2D eigenvalue weighted by Crippen LogP contribution is -2.33. The Morgan fingerprint density at radius 1 is 1.27 bits per heavy atom. The summed E-state index contributed by atoms with van der Waals surface area (Å²) in [6.45, 7) is 2.87. The second-order valence-corrected chi connectivity index (χ2v) is 4.35. The number of hydrogen-bond acceptors (Lipinski definition) is 5. The van der Waals surface area contributed by atoms with Crippen LogP contribution in [0.3, 0.4) is 0 Å². The first-order valence-electron chi connectivity index (χ1n) is 6.10. The number of carboxylic acid groups (broad SMARTS) is 2. The van der Waals surface area contributed by atoms with Crippen LogP contribution in [-0.4, -0.2) is 45.4 Å². The van der Waals surface area contributed by atoms with Crippen LogP contribution < -0.4 is 9.80 Å². The molecule has 0 atom stereocenters. The molecule has 0 unspecified atom stereocenters. The first-order chi connectivity index (χ1) is 10.2. The zero-order valence-electron chi connectivity index (χ0n) is 11.7. The molecule has 11 heteroatoms. The third kappa shape index (κ3) is 3.34. The Hall–Kier alpha value is -2.62. The fourth-order valence-electron chi connectivity index (χ4n) is 1.75. The van der Waals surface area contributed by atoms with E-state index in [0.29, 0.717) is 4.90 Å². The molecule has 0 spiro atoms. The molecular weight excluding hydrogens is 320 g/mol. The maximum absolute atomic E-state index is 11.2. The number of pyridine rings is 1. The number of hydrogen-bond donors (Lipinski definition) is 2. The Morgan fingerprint density at radius 3 is 2.14 bits per heavy atom. The predicted molar refractivity (Wildman–Crippen MR) is 78.0 cm³/mol. The number of anilines is 2.